The van der Waals surface area contributed by atoms with Gasteiger partial charge in [0, 0.05) is 34.3 Å². The van der Waals surface area contributed by atoms with Crippen LogP contribution < -0.4 is 15.5 Å². The molecule has 1 amide bonds. The van der Waals surface area contributed by atoms with Crippen molar-refractivity contribution in [2.24, 2.45) is 0 Å². The first-order valence-corrected chi connectivity index (χ1v) is 11.5. The van der Waals surface area contributed by atoms with E-state index in [9.17, 15) is 18.8 Å². The average Bonchev–Trinajstić information content (AvgIpc) is 2.78. The minimum absolute atomic E-state index is 0.0157. The molecule has 3 aromatic rings. The molecule has 1 saturated carbocycles. The molecule has 1 aromatic heterocycles. The van der Waals surface area contributed by atoms with Gasteiger partial charge >= 0.3 is 5.97 Å². The molecule has 0 atom stereocenters. The number of nitrogens with one attached hydrogen (secondary N) is 2. The van der Waals surface area contributed by atoms with Gasteiger partial charge in [-0.3, -0.25) is 9.59 Å². The summed E-state index contributed by atoms with van der Waals surface area (Å²) in [5, 5.41) is 12.2. The van der Waals surface area contributed by atoms with Gasteiger partial charge in [0.05, 0.1) is 10.9 Å². The Morgan fingerprint density at radius 1 is 1.26 bits per heavy atom. The van der Waals surface area contributed by atoms with E-state index >= 15 is 0 Å². The Morgan fingerprint density at radius 2 is 2.03 bits per heavy atom. The minimum atomic E-state index is -1.22. The average molecular weight is 487 g/mol. The Kier molecular flexibility index (Phi) is 6.88. The number of aromatic amines is 1. The van der Waals surface area contributed by atoms with E-state index in [0.29, 0.717) is 33.8 Å². The summed E-state index contributed by atoms with van der Waals surface area (Å²) >= 11 is 6.47. The predicted octanol–water partition coefficient (Wildman–Crippen LogP) is 4.22. The molecule has 0 spiro atoms. The van der Waals surface area contributed by atoms with Crippen molar-refractivity contribution in [1.82, 2.24) is 10.3 Å². The van der Waals surface area contributed by atoms with E-state index in [0.717, 1.165) is 25.3 Å². The van der Waals surface area contributed by atoms with Crippen molar-refractivity contribution in [3.8, 4) is 5.75 Å². The van der Waals surface area contributed by atoms with Gasteiger partial charge in [-0.1, -0.05) is 24.6 Å². The third-order valence-corrected chi connectivity index (χ3v) is 6.44. The molecule has 7 nitrogen and oxygen atoms in total. The van der Waals surface area contributed by atoms with E-state index in [2.05, 4.69) is 10.3 Å². The van der Waals surface area contributed by atoms with Gasteiger partial charge in [0.1, 0.15) is 11.6 Å². The van der Waals surface area contributed by atoms with Gasteiger partial charge in [-0.25, -0.2) is 9.18 Å². The Hall–Kier alpha value is -3.39. The van der Waals surface area contributed by atoms with Crippen molar-refractivity contribution < 1.29 is 23.8 Å². The molecule has 0 unspecified atom stereocenters. The predicted molar refractivity (Wildman–Crippen MR) is 126 cm³/mol. The van der Waals surface area contributed by atoms with Gasteiger partial charge in [0.2, 0.25) is 0 Å². The highest BCUT2D eigenvalue weighted by atomic mass is 35.5. The first-order chi connectivity index (χ1) is 16.3. The van der Waals surface area contributed by atoms with Crippen molar-refractivity contribution >= 4 is 34.4 Å². The van der Waals surface area contributed by atoms with Gasteiger partial charge in [-0.05, 0) is 55.5 Å². The highest BCUT2D eigenvalue weighted by molar-refractivity contribution is 6.31. The maximum absolute atomic E-state index is 14.5. The molecular formula is C25H24ClFN2O5. The Bertz CT molecular complexity index is 1330. The zero-order valence-electron chi connectivity index (χ0n) is 18.5. The summed E-state index contributed by atoms with van der Waals surface area (Å²) in [6, 6.07) is 7.51. The van der Waals surface area contributed by atoms with Gasteiger partial charge in [0.15, 0.2) is 12.0 Å². The number of fused-ring (bicyclic) bond motifs is 1. The molecule has 1 heterocycles. The molecule has 178 valence electrons. The first kappa shape index (κ1) is 23.8. The number of aromatic nitrogens is 1. The number of amides is 1. The summed E-state index contributed by atoms with van der Waals surface area (Å²) in [5.41, 5.74) is 1.47. The highest BCUT2D eigenvalue weighted by Crippen LogP contribution is 2.28. The summed E-state index contributed by atoms with van der Waals surface area (Å²) in [5.74, 6) is -2.06. The van der Waals surface area contributed by atoms with Gasteiger partial charge in [-0.2, -0.15) is 0 Å². The number of H-pyrrole nitrogens is 1. The smallest absolute Gasteiger partial charge is 0.341 e. The van der Waals surface area contributed by atoms with Gasteiger partial charge in [0.25, 0.3) is 5.91 Å². The van der Waals surface area contributed by atoms with E-state index < -0.39 is 23.8 Å². The number of rotatable bonds is 8. The fourth-order valence-electron chi connectivity index (χ4n) is 4.01. The number of aryl methyl sites for hydroxylation is 1. The number of carbonyl (C=O) groups excluding carboxylic acids is 1. The van der Waals surface area contributed by atoms with Crippen molar-refractivity contribution in [1.29, 1.82) is 0 Å². The molecule has 1 fully saturated rings. The number of carbonyl (C=O) groups is 2. The van der Waals surface area contributed by atoms with Crippen LogP contribution in [0.4, 0.5) is 4.39 Å². The number of hydrogen-bond donors (Lipinski definition) is 3. The molecule has 0 radical (unpaired) electrons. The van der Waals surface area contributed by atoms with Crippen LogP contribution in [0.15, 0.2) is 35.1 Å². The van der Waals surface area contributed by atoms with Crippen molar-refractivity contribution in [3.05, 3.63) is 73.8 Å². The molecule has 4 rings (SSSR count). The topological polar surface area (TPSA) is 108 Å². The van der Waals surface area contributed by atoms with Crippen LogP contribution in [-0.2, 0) is 17.6 Å². The monoisotopic (exact) mass is 486 g/mol. The van der Waals surface area contributed by atoms with E-state index in [1.54, 1.807) is 18.2 Å². The van der Waals surface area contributed by atoms with Gasteiger partial charge in [-0.15, -0.1) is 0 Å². The molecule has 34 heavy (non-hydrogen) atoms. The summed E-state index contributed by atoms with van der Waals surface area (Å²) in [4.78, 5) is 39.8. The van der Waals surface area contributed by atoms with E-state index in [1.807, 2.05) is 6.92 Å². The number of hydrogen-bond acceptors (Lipinski definition) is 4. The largest absolute Gasteiger partial charge is 0.481 e. The lowest BCUT2D eigenvalue weighted by Crippen LogP contribution is -2.39. The molecule has 0 aliphatic heterocycles. The van der Waals surface area contributed by atoms with Crippen LogP contribution in [0.1, 0.15) is 53.4 Å². The third kappa shape index (κ3) is 4.77. The number of carboxylic acids is 1. The minimum Gasteiger partial charge on any atom is -0.481 e. The normalized spacial score (nSPS) is 13.5. The second-order valence-electron chi connectivity index (χ2n) is 8.33. The van der Waals surface area contributed by atoms with Crippen molar-refractivity contribution in [3.63, 3.8) is 0 Å². The standard InChI is InChI=1S/C25H24ClFN2O5/c1-2-19-16(10-13-6-7-14(11-17(13)26)25(33)28-15-4-3-5-15)24(32)22-20(34-12-21(30)31)9-8-18(27)23(22)29-19/h6-9,11,15H,2-5,10,12H2,1H3,(H,28,33)(H,29,32)(H,30,31). The van der Waals surface area contributed by atoms with Crippen LogP contribution >= 0.6 is 11.6 Å². The van der Waals surface area contributed by atoms with Crippen molar-refractivity contribution in [2.75, 3.05) is 6.61 Å². The lowest BCUT2D eigenvalue weighted by atomic mass is 9.93. The number of halogens is 2. The van der Waals surface area contributed by atoms with E-state index in [1.165, 1.54) is 6.07 Å². The molecule has 0 bridgehead atoms. The van der Waals surface area contributed by atoms with Crippen LogP contribution in [0.3, 0.4) is 0 Å². The third-order valence-electron chi connectivity index (χ3n) is 6.09. The van der Waals surface area contributed by atoms with Crippen LogP contribution in [0.2, 0.25) is 5.02 Å². The summed E-state index contributed by atoms with van der Waals surface area (Å²) < 4.78 is 19.8. The molecule has 9 heteroatoms. The summed E-state index contributed by atoms with van der Waals surface area (Å²) in [6.45, 7) is 1.17. The molecular weight excluding hydrogens is 463 g/mol. The van der Waals surface area contributed by atoms with Crippen LogP contribution in [0.5, 0.6) is 5.75 Å². The highest BCUT2D eigenvalue weighted by Gasteiger charge is 2.22. The zero-order chi connectivity index (χ0) is 24.4. The summed E-state index contributed by atoms with van der Waals surface area (Å²) in [7, 11) is 0. The Labute approximate surface area is 199 Å². The second-order valence-corrected chi connectivity index (χ2v) is 8.73. The molecule has 2 aromatic carbocycles. The number of carboxylic acid groups (broad SMARTS) is 1. The zero-order valence-corrected chi connectivity index (χ0v) is 19.3. The maximum Gasteiger partial charge on any atom is 0.341 e. The summed E-state index contributed by atoms with van der Waals surface area (Å²) in [6.07, 6.45) is 3.63. The quantitative estimate of drug-likeness (QED) is 0.442. The second kappa shape index (κ2) is 9.85. The van der Waals surface area contributed by atoms with Gasteiger partial charge < -0.3 is 20.1 Å². The Morgan fingerprint density at radius 3 is 2.65 bits per heavy atom. The van der Waals surface area contributed by atoms with E-state index in [-0.39, 0.29) is 35.0 Å². The lowest BCUT2D eigenvalue weighted by Gasteiger charge is -2.26. The fourth-order valence-corrected chi connectivity index (χ4v) is 4.26. The SMILES string of the molecule is CCc1[nH]c2c(F)ccc(OCC(=O)O)c2c(=O)c1Cc1ccc(C(=O)NC2CCC2)cc1Cl. The van der Waals surface area contributed by atoms with Crippen LogP contribution in [0, 0.1) is 5.82 Å². The first-order valence-electron chi connectivity index (χ1n) is 11.1. The molecule has 1 aliphatic rings. The number of pyridine rings is 1. The fraction of sp³-hybridized carbons (Fsp3) is 0.320. The Balaban J connectivity index is 1.71. The number of benzene rings is 2. The molecule has 1 aliphatic carbocycles. The number of ether oxygens (including phenoxy) is 1. The maximum atomic E-state index is 14.5. The van der Waals surface area contributed by atoms with Crippen LogP contribution in [-0.4, -0.2) is 34.6 Å². The van der Waals surface area contributed by atoms with Crippen LogP contribution in [0.25, 0.3) is 10.9 Å². The van der Waals surface area contributed by atoms with E-state index in [4.69, 9.17) is 21.4 Å². The lowest BCUT2D eigenvalue weighted by molar-refractivity contribution is -0.139. The number of aliphatic carboxylic acids is 1. The van der Waals surface area contributed by atoms with Crippen molar-refractivity contribution in [2.45, 2.75) is 45.1 Å². The molecule has 3 N–H and O–H groups in total. The molecule has 0 saturated heterocycles.